The molecule has 0 spiro atoms. The molecule has 0 aliphatic carbocycles. The van der Waals surface area contributed by atoms with Crippen LogP contribution in [-0.2, 0) is 0 Å². The molecule has 0 unspecified atom stereocenters. The van der Waals surface area contributed by atoms with Crippen LogP contribution in [0.15, 0.2) is 83.8 Å². The van der Waals surface area contributed by atoms with E-state index in [1.165, 1.54) is 15.9 Å². The van der Waals surface area contributed by atoms with Gasteiger partial charge in [0.15, 0.2) is 5.82 Å². The van der Waals surface area contributed by atoms with Crippen LogP contribution in [0.25, 0.3) is 39.4 Å². The number of hydrogen-bond donors (Lipinski definition) is 0. The maximum Gasteiger partial charge on any atom is 0.291 e. The number of ether oxygens (including phenoxy) is 1. The van der Waals surface area contributed by atoms with Crippen molar-refractivity contribution < 1.29 is 4.74 Å². The van der Waals surface area contributed by atoms with Crippen molar-refractivity contribution in [2.75, 3.05) is 6.61 Å². The van der Waals surface area contributed by atoms with E-state index < -0.39 is 0 Å². The number of nitrogens with zero attached hydrogens (tertiary/aromatic N) is 5. The fourth-order valence-corrected chi connectivity index (χ4v) is 5.44. The van der Waals surface area contributed by atoms with Gasteiger partial charge in [0.05, 0.1) is 16.8 Å². The first-order valence-corrected chi connectivity index (χ1v) is 14.2. The molecule has 200 valence electrons. The molecule has 0 fully saturated rings. The van der Waals surface area contributed by atoms with E-state index >= 15 is 0 Å². The number of aromatic nitrogens is 5. The Morgan fingerprint density at radius 3 is 2.52 bits per heavy atom. The van der Waals surface area contributed by atoms with Gasteiger partial charge in [-0.3, -0.25) is 4.79 Å². The van der Waals surface area contributed by atoms with Gasteiger partial charge in [-0.2, -0.15) is 14.6 Å². The molecule has 6 rings (SSSR count). The lowest BCUT2D eigenvalue weighted by Gasteiger charge is -2.05. The van der Waals surface area contributed by atoms with Gasteiger partial charge in [0.2, 0.25) is 4.96 Å². The molecule has 0 saturated heterocycles. The molecule has 3 aromatic heterocycles. The largest absolute Gasteiger partial charge is 0.494 e. The number of rotatable bonds is 8. The maximum atomic E-state index is 13.4. The lowest BCUT2D eigenvalue weighted by atomic mass is 10.0. The third kappa shape index (κ3) is 5.05. The van der Waals surface area contributed by atoms with E-state index in [4.69, 9.17) is 9.84 Å². The molecular weight excluding hydrogens is 518 g/mol. The Bertz CT molecular complexity index is 1900. The zero-order chi connectivity index (χ0) is 27.6. The smallest absolute Gasteiger partial charge is 0.291 e. The van der Waals surface area contributed by atoms with Crippen LogP contribution in [0.1, 0.15) is 36.5 Å². The fraction of sp³-hybridized carbons (Fsp3) is 0.188. The van der Waals surface area contributed by atoms with Crippen molar-refractivity contribution in [1.82, 2.24) is 24.4 Å². The average Bonchev–Trinajstić information content (AvgIpc) is 3.66. The van der Waals surface area contributed by atoms with E-state index in [1.807, 2.05) is 71.6 Å². The van der Waals surface area contributed by atoms with Crippen LogP contribution in [-0.4, -0.2) is 31.0 Å². The van der Waals surface area contributed by atoms with Gasteiger partial charge >= 0.3 is 0 Å². The summed E-state index contributed by atoms with van der Waals surface area (Å²) in [6, 6.07) is 24.0. The molecule has 0 aliphatic rings. The minimum absolute atomic E-state index is 0.197. The third-order valence-corrected chi connectivity index (χ3v) is 7.72. The van der Waals surface area contributed by atoms with E-state index in [-0.39, 0.29) is 5.56 Å². The maximum absolute atomic E-state index is 13.4. The molecule has 8 heteroatoms. The summed E-state index contributed by atoms with van der Waals surface area (Å²) in [7, 11) is 0. The monoisotopic (exact) mass is 547 g/mol. The molecule has 3 heterocycles. The van der Waals surface area contributed by atoms with E-state index in [1.54, 1.807) is 0 Å². The summed E-state index contributed by atoms with van der Waals surface area (Å²) in [6.07, 6.45) is 5.98. The van der Waals surface area contributed by atoms with Crippen molar-refractivity contribution in [3.8, 4) is 34.1 Å². The number of benzene rings is 3. The van der Waals surface area contributed by atoms with Crippen molar-refractivity contribution >= 4 is 22.4 Å². The summed E-state index contributed by atoms with van der Waals surface area (Å²) in [5.41, 5.74) is 6.58. The number of thiazole rings is 1. The highest BCUT2D eigenvalue weighted by Gasteiger charge is 2.16. The molecule has 0 N–H and O–H groups in total. The fourth-order valence-electron chi connectivity index (χ4n) is 4.54. The number of aryl methyl sites for hydroxylation is 2. The minimum atomic E-state index is -0.197. The topological polar surface area (TPSA) is 74.3 Å². The molecule has 0 radical (unpaired) electrons. The SMILES string of the molecule is CCCCOc1ccc(-c2nc3s/c(=C\c4cn(-c5ccccc5)nc4-c4cc(C)ccc4C)c(=O)n3n2)cc1. The molecule has 0 aliphatic heterocycles. The van der Waals surface area contributed by atoms with Crippen molar-refractivity contribution in [3.63, 3.8) is 0 Å². The quantitative estimate of drug-likeness (QED) is 0.218. The molecular formula is C32H29N5O2S. The number of para-hydroxylation sites is 1. The molecule has 6 aromatic rings. The predicted octanol–water partition coefficient (Wildman–Crippen LogP) is 6.01. The van der Waals surface area contributed by atoms with Crippen molar-refractivity contribution in [2.45, 2.75) is 33.6 Å². The van der Waals surface area contributed by atoms with Gasteiger partial charge < -0.3 is 4.74 Å². The van der Waals surface area contributed by atoms with E-state index in [0.29, 0.717) is 21.9 Å². The highest BCUT2D eigenvalue weighted by Crippen LogP contribution is 2.28. The van der Waals surface area contributed by atoms with Gasteiger partial charge in [0.25, 0.3) is 5.56 Å². The number of hydrogen-bond acceptors (Lipinski definition) is 6. The standard InChI is InChI=1S/C32H29N5O2S/c1-4-5-17-39-26-15-13-23(14-16-26)30-33-32-37(35-30)31(38)28(40-32)19-24-20-36(25-9-7-6-8-10-25)34-29(24)27-18-21(2)11-12-22(27)3/h6-16,18-20H,4-5,17H2,1-3H3/b28-19-. The predicted molar refractivity (Wildman–Crippen MR) is 160 cm³/mol. The summed E-state index contributed by atoms with van der Waals surface area (Å²) < 4.78 is 9.55. The number of unbranched alkanes of at least 4 members (excludes halogenated alkanes) is 1. The Balaban J connectivity index is 1.39. The van der Waals surface area contributed by atoms with Crippen LogP contribution in [0.5, 0.6) is 5.75 Å². The molecule has 0 amide bonds. The van der Waals surface area contributed by atoms with Crippen molar-refractivity contribution in [2.24, 2.45) is 0 Å². The normalized spacial score (nSPS) is 11.9. The Labute approximate surface area is 236 Å². The second kappa shape index (κ2) is 10.9. The second-order valence-electron chi connectivity index (χ2n) is 9.80. The van der Waals surface area contributed by atoms with Crippen LogP contribution in [0.4, 0.5) is 0 Å². The first kappa shape index (κ1) is 25.7. The van der Waals surface area contributed by atoms with Gasteiger partial charge in [-0.25, -0.2) is 4.68 Å². The van der Waals surface area contributed by atoms with E-state index in [2.05, 4.69) is 49.1 Å². The van der Waals surface area contributed by atoms with E-state index in [9.17, 15) is 4.79 Å². The van der Waals surface area contributed by atoms with Gasteiger partial charge in [-0.15, -0.1) is 5.10 Å². The molecule has 0 bridgehead atoms. The first-order valence-electron chi connectivity index (χ1n) is 13.4. The van der Waals surface area contributed by atoms with Gasteiger partial charge in [-0.05, 0) is 74.4 Å². The Hall–Kier alpha value is -4.56. The first-order chi connectivity index (χ1) is 19.5. The Kier molecular flexibility index (Phi) is 7.00. The summed E-state index contributed by atoms with van der Waals surface area (Å²) in [5, 5.41) is 9.47. The average molecular weight is 548 g/mol. The Morgan fingerprint density at radius 1 is 0.975 bits per heavy atom. The second-order valence-corrected chi connectivity index (χ2v) is 10.8. The zero-order valence-electron chi connectivity index (χ0n) is 22.7. The summed E-state index contributed by atoms with van der Waals surface area (Å²) in [5.74, 6) is 1.33. The third-order valence-electron chi connectivity index (χ3n) is 6.76. The molecule has 3 aromatic carbocycles. The number of fused-ring (bicyclic) bond motifs is 1. The molecule has 0 atom stereocenters. The van der Waals surface area contributed by atoms with Crippen molar-refractivity contribution in [1.29, 1.82) is 0 Å². The zero-order valence-corrected chi connectivity index (χ0v) is 23.5. The molecule has 0 saturated carbocycles. The molecule has 7 nitrogen and oxygen atoms in total. The Morgan fingerprint density at radius 2 is 1.77 bits per heavy atom. The lowest BCUT2D eigenvalue weighted by Crippen LogP contribution is -2.23. The summed E-state index contributed by atoms with van der Waals surface area (Å²) in [6.45, 7) is 6.98. The van der Waals surface area contributed by atoms with Crippen LogP contribution < -0.4 is 14.8 Å². The van der Waals surface area contributed by atoms with Gasteiger partial charge in [0.1, 0.15) is 11.4 Å². The minimum Gasteiger partial charge on any atom is -0.494 e. The summed E-state index contributed by atoms with van der Waals surface area (Å²) in [4.78, 5) is 18.6. The van der Waals surface area contributed by atoms with Crippen molar-refractivity contribution in [3.05, 3.63) is 111 Å². The van der Waals surface area contributed by atoms with Crippen LogP contribution >= 0.6 is 11.3 Å². The van der Waals surface area contributed by atoms with Gasteiger partial charge in [0, 0.05) is 22.9 Å². The highest BCUT2D eigenvalue weighted by atomic mass is 32.1. The molecule has 40 heavy (non-hydrogen) atoms. The lowest BCUT2D eigenvalue weighted by molar-refractivity contribution is 0.309. The van der Waals surface area contributed by atoms with Crippen LogP contribution in [0, 0.1) is 13.8 Å². The highest BCUT2D eigenvalue weighted by molar-refractivity contribution is 7.15. The van der Waals surface area contributed by atoms with Gasteiger partial charge in [-0.1, -0.05) is 60.6 Å². The van der Waals surface area contributed by atoms with E-state index in [0.717, 1.165) is 57.8 Å². The summed E-state index contributed by atoms with van der Waals surface area (Å²) >= 11 is 1.33. The van der Waals surface area contributed by atoms with Crippen LogP contribution in [0.3, 0.4) is 0 Å². The van der Waals surface area contributed by atoms with Crippen LogP contribution in [0.2, 0.25) is 0 Å².